The van der Waals surface area contributed by atoms with E-state index in [0.717, 1.165) is 18.5 Å². The quantitative estimate of drug-likeness (QED) is 0.827. The van der Waals surface area contributed by atoms with Gasteiger partial charge < -0.3 is 15.1 Å². The Labute approximate surface area is 115 Å². The Balaban J connectivity index is 1.83. The molecule has 1 N–H and O–H groups in total. The molecule has 2 rings (SSSR count). The molecule has 0 unspecified atom stereocenters. The molecule has 7 heteroatoms. The van der Waals surface area contributed by atoms with Gasteiger partial charge >= 0.3 is 0 Å². The number of rotatable bonds is 4. The zero-order chi connectivity index (χ0) is 14.5. The summed E-state index contributed by atoms with van der Waals surface area (Å²) in [6.07, 6.45) is 0.765. The van der Waals surface area contributed by atoms with E-state index in [-0.39, 0.29) is 12.5 Å². The Morgan fingerprint density at radius 3 is 2.50 bits per heavy atom. The number of hydrogen-bond donors (Lipinski definition) is 1. The molecule has 1 aliphatic rings. The summed E-state index contributed by atoms with van der Waals surface area (Å²) in [6, 6.07) is 3.38. The van der Waals surface area contributed by atoms with E-state index in [1.807, 2.05) is 0 Å². The largest absolute Gasteiger partial charge is 0.376 e. The van der Waals surface area contributed by atoms with Gasteiger partial charge in [-0.15, -0.1) is 0 Å². The minimum atomic E-state index is -0.956. The zero-order valence-electron chi connectivity index (χ0n) is 10.8. The summed E-state index contributed by atoms with van der Waals surface area (Å²) in [6.45, 7) is 2.00. The first-order chi connectivity index (χ1) is 9.60. The monoisotopic (exact) mass is 283 g/mol. The maximum absolute atomic E-state index is 13.0. The smallest absolute Gasteiger partial charge is 0.241 e. The zero-order valence-corrected chi connectivity index (χ0v) is 10.8. The van der Waals surface area contributed by atoms with Gasteiger partial charge in [-0.3, -0.25) is 9.59 Å². The van der Waals surface area contributed by atoms with Crippen molar-refractivity contribution in [1.29, 1.82) is 0 Å². The lowest BCUT2D eigenvalue weighted by molar-refractivity contribution is -0.133. The highest BCUT2D eigenvalue weighted by atomic mass is 19.2. The van der Waals surface area contributed by atoms with Gasteiger partial charge in [0.2, 0.25) is 12.3 Å². The summed E-state index contributed by atoms with van der Waals surface area (Å²) < 4.78 is 25.7. The first kappa shape index (κ1) is 14.2. The molecular formula is C13H15F2N3O2. The molecule has 1 fully saturated rings. The third-order valence-electron chi connectivity index (χ3n) is 3.18. The van der Waals surface area contributed by atoms with Crippen LogP contribution in [0.2, 0.25) is 0 Å². The highest BCUT2D eigenvalue weighted by Crippen LogP contribution is 2.13. The normalized spacial score (nSPS) is 15.1. The van der Waals surface area contributed by atoms with E-state index in [0.29, 0.717) is 31.9 Å². The predicted molar refractivity (Wildman–Crippen MR) is 69.1 cm³/mol. The lowest BCUT2D eigenvalue weighted by atomic mass is 10.3. The van der Waals surface area contributed by atoms with Crippen LogP contribution in [0.5, 0.6) is 0 Å². The number of nitrogens with one attached hydrogen (secondary N) is 1. The van der Waals surface area contributed by atoms with E-state index in [2.05, 4.69) is 5.32 Å². The number of anilines is 1. The fourth-order valence-corrected chi connectivity index (χ4v) is 1.97. The van der Waals surface area contributed by atoms with E-state index < -0.39 is 11.6 Å². The second kappa shape index (κ2) is 6.31. The third kappa shape index (κ3) is 3.43. The maximum Gasteiger partial charge on any atom is 0.241 e. The molecule has 1 saturated heterocycles. The highest BCUT2D eigenvalue weighted by molar-refractivity contribution is 5.81. The van der Waals surface area contributed by atoms with Crippen molar-refractivity contribution in [1.82, 2.24) is 9.80 Å². The van der Waals surface area contributed by atoms with E-state index >= 15 is 0 Å². The van der Waals surface area contributed by atoms with Crippen LogP contribution in [0, 0.1) is 11.6 Å². The van der Waals surface area contributed by atoms with Crippen LogP contribution >= 0.6 is 0 Å². The molecule has 0 aliphatic carbocycles. The second-order valence-corrected chi connectivity index (χ2v) is 4.50. The Kier molecular flexibility index (Phi) is 4.49. The Hall–Kier alpha value is -2.18. The fourth-order valence-electron chi connectivity index (χ4n) is 1.97. The van der Waals surface area contributed by atoms with Crippen LogP contribution in [-0.2, 0) is 9.59 Å². The van der Waals surface area contributed by atoms with Crippen LogP contribution in [0.4, 0.5) is 14.5 Å². The summed E-state index contributed by atoms with van der Waals surface area (Å²) >= 11 is 0. The standard InChI is InChI=1S/C13H15F2N3O2/c14-11-2-1-10(7-12(11)15)16-8-13(20)18-5-3-17(9-19)4-6-18/h1-2,7,9,16H,3-6,8H2. The van der Waals surface area contributed by atoms with Crippen LogP contribution in [0.25, 0.3) is 0 Å². The molecule has 1 heterocycles. The predicted octanol–water partition coefficient (Wildman–Crippen LogP) is 0.677. The minimum Gasteiger partial charge on any atom is -0.376 e. The van der Waals surface area contributed by atoms with Gasteiger partial charge in [-0.25, -0.2) is 8.78 Å². The van der Waals surface area contributed by atoms with Gasteiger partial charge in [-0.05, 0) is 12.1 Å². The first-order valence-corrected chi connectivity index (χ1v) is 6.26. The molecule has 20 heavy (non-hydrogen) atoms. The van der Waals surface area contributed by atoms with Gasteiger partial charge in [0.15, 0.2) is 11.6 Å². The highest BCUT2D eigenvalue weighted by Gasteiger charge is 2.19. The number of carbonyl (C=O) groups is 2. The summed E-state index contributed by atoms with van der Waals surface area (Å²) in [5, 5.41) is 2.75. The van der Waals surface area contributed by atoms with Crippen molar-refractivity contribution in [3.63, 3.8) is 0 Å². The van der Waals surface area contributed by atoms with Gasteiger partial charge in [-0.2, -0.15) is 0 Å². The Bertz CT molecular complexity index is 502. The first-order valence-electron chi connectivity index (χ1n) is 6.26. The molecule has 1 aliphatic heterocycles. The van der Waals surface area contributed by atoms with Crippen molar-refractivity contribution in [2.45, 2.75) is 0 Å². The number of hydrogen-bond acceptors (Lipinski definition) is 3. The van der Waals surface area contributed by atoms with Crippen molar-refractivity contribution < 1.29 is 18.4 Å². The summed E-state index contributed by atoms with van der Waals surface area (Å²) in [4.78, 5) is 25.7. The molecule has 108 valence electrons. The molecule has 0 atom stereocenters. The van der Waals surface area contributed by atoms with Gasteiger partial charge in [0, 0.05) is 37.9 Å². The number of piperazine rings is 1. The molecule has 5 nitrogen and oxygen atoms in total. The van der Waals surface area contributed by atoms with Crippen LogP contribution in [0.15, 0.2) is 18.2 Å². The fraction of sp³-hybridized carbons (Fsp3) is 0.385. The lowest BCUT2D eigenvalue weighted by Crippen LogP contribution is -2.49. The van der Waals surface area contributed by atoms with Crippen molar-refractivity contribution in [2.24, 2.45) is 0 Å². The number of amides is 2. The van der Waals surface area contributed by atoms with Crippen molar-refractivity contribution in [3.8, 4) is 0 Å². The molecule has 2 amide bonds. The topological polar surface area (TPSA) is 52.7 Å². The SMILES string of the molecule is O=CN1CCN(C(=O)CNc2ccc(F)c(F)c2)CC1. The number of nitrogens with zero attached hydrogens (tertiary/aromatic N) is 2. The number of carbonyl (C=O) groups excluding carboxylic acids is 2. The van der Waals surface area contributed by atoms with E-state index in [4.69, 9.17) is 0 Å². The molecule has 0 radical (unpaired) electrons. The molecule has 1 aromatic carbocycles. The van der Waals surface area contributed by atoms with Crippen LogP contribution in [-0.4, -0.2) is 54.8 Å². The van der Waals surface area contributed by atoms with E-state index in [1.54, 1.807) is 9.80 Å². The Morgan fingerprint density at radius 2 is 1.90 bits per heavy atom. The number of halogens is 2. The molecular weight excluding hydrogens is 268 g/mol. The molecule has 0 bridgehead atoms. The van der Waals surface area contributed by atoms with Gasteiger partial charge in [0.1, 0.15) is 0 Å². The molecule has 0 aromatic heterocycles. The van der Waals surface area contributed by atoms with Crippen molar-refractivity contribution in [3.05, 3.63) is 29.8 Å². The average Bonchev–Trinajstić information content (AvgIpc) is 2.48. The van der Waals surface area contributed by atoms with Gasteiger partial charge in [0.25, 0.3) is 0 Å². The van der Waals surface area contributed by atoms with Crippen LogP contribution in [0.3, 0.4) is 0 Å². The summed E-state index contributed by atoms with van der Waals surface area (Å²) in [5.74, 6) is -2.02. The average molecular weight is 283 g/mol. The molecule has 0 saturated carbocycles. The summed E-state index contributed by atoms with van der Waals surface area (Å²) in [5.41, 5.74) is 0.351. The van der Waals surface area contributed by atoms with Crippen LogP contribution < -0.4 is 5.32 Å². The third-order valence-corrected chi connectivity index (χ3v) is 3.18. The molecule has 1 aromatic rings. The van der Waals surface area contributed by atoms with Crippen molar-refractivity contribution in [2.75, 3.05) is 38.0 Å². The van der Waals surface area contributed by atoms with Gasteiger partial charge in [0.05, 0.1) is 6.54 Å². The van der Waals surface area contributed by atoms with Crippen LogP contribution in [0.1, 0.15) is 0 Å². The van der Waals surface area contributed by atoms with Gasteiger partial charge in [-0.1, -0.05) is 0 Å². The number of benzene rings is 1. The van der Waals surface area contributed by atoms with E-state index in [9.17, 15) is 18.4 Å². The summed E-state index contributed by atoms with van der Waals surface area (Å²) in [7, 11) is 0. The van der Waals surface area contributed by atoms with Crippen molar-refractivity contribution >= 4 is 18.0 Å². The van der Waals surface area contributed by atoms with E-state index in [1.165, 1.54) is 6.07 Å². The lowest BCUT2D eigenvalue weighted by Gasteiger charge is -2.32. The Morgan fingerprint density at radius 1 is 1.20 bits per heavy atom. The minimum absolute atomic E-state index is 0.00611. The maximum atomic E-state index is 13.0. The molecule has 0 spiro atoms. The second-order valence-electron chi connectivity index (χ2n) is 4.50.